The van der Waals surface area contributed by atoms with Crippen molar-refractivity contribution in [3.05, 3.63) is 46.7 Å². The Morgan fingerprint density at radius 2 is 2.04 bits per heavy atom. The molecule has 2 atom stereocenters. The third-order valence-electron chi connectivity index (χ3n) is 4.28. The standard InChI is InChI=1S/C16H17F3N2O2/c1-9-5-14-12(15(22)6-9)8-13(20-21(14)23)10-3-2-4-11(7-10)16(17,18)19/h2-4,7,9,15,22-23H,5-6,8H2,1H3. The summed E-state index contributed by atoms with van der Waals surface area (Å²) < 4.78 is 38.5. The lowest BCUT2D eigenvalue weighted by molar-refractivity contribution is -0.137. The van der Waals surface area contributed by atoms with Crippen molar-refractivity contribution in [2.45, 2.75) is 38.5 Å². The average molecular weight is 326 g/mol. The zero-order valence-electron chi connectivity index (χ0n) is 12.5. The van der Waals surface area contributed by atoms with Crippen LogP contribution in [0.4, 0.5) is 13.2 Å². The number of rotatable bonds is 1. The fourth-order valence-corrected chi connectivity index (χ4v) is 3.12. The minimum Gasteiger partial charge on any atom is -0.389 e. The molecule has 23 heavy (non-hydrogen) atoms. The lowest BCUT2D eigenvalue weighted by Gasteiger charge is -2.34. The molecule has 1 aliphatic heterocycles. The Morgan fingerprint density at radius 3 is 2.74 bits per heavy atom. The van der Waals surface area contributed by atoms with E-state index in [0.717, 1.165) is 12.1 Å². The number of hydrazone groups is 1. The third kappa shape index (κ3) is 3.11. The van der Waals surface area contributed by atoms with Crippen molar-refractivity contribution < 1.29 is 23.5 Å². The van der Waals surface area contributed by atoms with Gasteiger partial charge in [-0.15, -0.1) is 5.17 Å². The van der Waals surface area contributed by atoms with Crippen molar-refractivity contribution in [3.8, 4) is 0 Å². The molecule has 0 fully saturated rings. The highest BCUT2D eigenvalue weighted by Crippen LogP contribution is 2.37. The monoisotopic (exact) mass is 326 g/mol. The van der Waals surface area contributed by atoms with Crippen LogP contribution >= 0.6 is 0 Å². The Bertz CT molecular complexity index is 682. The maximum atomic E-state index is 12.8. The minimum absolute atomic E-state index is 0.212. The number of hydroxylamine groups is 1. The Morgan fingerprint density at radius 1 is 1.30 bits per heavy atom. The van der Waals surface area contributed by atoms with Gasteiger partial charge < -0.3 is 5.11 Å². The summed E-state index contributed by atoms with van der Waals surface area (Å²) in [4.78, 5) is 0. The van der Waals surface area contributed by atoms with Gasteiger partial charge in [0.1, 0.15) is 0 Å². The van der Waals surface area contributed by atoms with Gasteiger partial charge in [-0.05, 0) is 42.0 Å². The van der Waals surface area contributed by atoms with E-state index in [1.807, 2.05) is 6.92 Å². The highest BCUT2D eigenvalue weighted by Gasteiger charge is 2.34. The van der Waals surface area contributed by atoms with Crippen LogP contribution in [-0.4, -0.2) is 27.3 Å². The Labute approximate surface area is 131 Å². The van der Waals surface area contributed by atoms with Gasteiger partial charge in [-0.25, -0.2) is 0 Å². The van der Waals surface area contributed by atoms with E-state index < -0.39 is 17.8 Å². The molecule has 3 rings (SSSR count). The number of allylic oxidation sites excluding steroid dienone is 1. The molecule has 1 aromatic carbocycles. The molecule has 0 spiro atoms. The van der Waals surface area contributed by atoms with E-state index in [2.05, 4.69) is 5.10 Å². The zero-order valence-corrected chi connectivity index (χ0v) is 12.5. The van der Waals surface area contributed by atoms with Crippen molar-refractivity contribution >= 4 is 5.71 Å². The lowest BCUT2D eigenvalue weighted by Crippen LogP contribution is -2.33. The van der Waals surface area contributed by atoms with Gasteiger partial charge in [0, 0.05) is 6.42 Å². The predicted molar refractivity (Wildman–Crippen MR) is 77.7 cm³/mol. The van der Waals surface area contributed by atoms with Crippen LogP contribution in [0, 0.1) is 5.92 Å². The van der Waals surface area contributed by atoms with Crippen molar-refractivity contribution in [2.75, 3.05) is 0 Å². The molecule has 4 nitrogen and oxygen atoms in total. The van der Waals surface area contributed by atoms with Crippen LogP contribution in [0.1, 0.15) is 37.3 Å². The van der Waals surface area contributed by atoms with E-state index in [9.17, 15) is 23.5 Å². The third-order valence-corrected chi connectivity index (χ3v) is 4.28. The molecule has 2 aliphatic rings. The highest BCUT2D eigenvalue weighted by molar-refractivity contribution is 6.02. The first-order chi connectivity index (χ1) is 10.8. The van der Waals surface area contributed by atoms with Crippen LogP contribution in [-0.2, 0) is 6.18 Å². The number of aliphatic hydroxyl groups excluding tert-OH is 1. The molecule has 1 aromatic rings. The van der Waals surface area contributed by atoms with Gasteiger partial charge in [0.05, 0.1) is 23.1 Å². The van der Waals surface area contributed by atoms with E-state index in [1.165, 1.54) is 12.1 Å². The molecule has 0 saturated carbocycles. The topological polar surface area (TPSA) is 56.1 Å². The SMILES string of the molecule is CC1CC2=C(CC(c3cccc(C(F)(F)F)c3)=NN2O)C(O)C1. The first-order valence-electron chi connectivity index (χ1n) is 7.40. The van der Waals surface area contributed by atoms with E-state index in [1.54, 1.807) is 0 Å². The van der Waals surface area contributed by atoms with Gasteiger partial charge in [0.25, 0.3) is 0 Å². The normalized spacial score (nSPS) is 25.3. The molecule has 7 heteroatoms. The first-order valence-corrected chi connectivity index (χ1v) is 7.40. The van der Waals surface area contributed by atoms with Gasteiger partial charge >= 0.3 is 6.18 Å². The second-order valence-electron chi connectivity index (χ2n) is 6.12. The fraction of sp³-hybridized carbons (Fsp3) is 0.438. The fourth-order valence-electron chi connectivity index (χ4n) is 3.12. The van der Waals surface area contributed by atoms with E-state index in [-0.39, 0.29) is 17.9 Å². The maximum Gasteiger partial charge on any atom is 0.416 e. The molecule has 1 heterocycles. The number of hydrogen-bond acceptors (Lipinski definition) is 4. The van der Waals surface area contributed by atoms with Crippen LogP contribution < -0.4 is 0 Å². The Hall–Kier alpha value is -1.86. The second kappa shape index (κ2) is 5.65. The molecule has 124 valence electrons. The molecular formula is C16H17F3N2O2. The summed E-state index contributed by atoms with van der Waals surface area (Å²) in [5.41, 5.74) is 1.02. The smallest absolute Gasteiger partial charge is 0.389 e. The summed E-state index contributed by atoms with van der Waals surface area (Å²) in [6.45, 7) is 1.97. The van der Waals surface area contributed by atoms with Crippen LogP contribution in [0.15, 0.2) is 40.6 Å². The largest absolute Gasteiger partial charge is 0.416 e. The van der Waals surface area contributed by atoms with Crippen LogP contribution in [0.25, 0.3) is 0 Å². The molecule has 2 N–H and O–H groups in total. The van der Waals surface area contributed by atoms with Crippen molar-refractivity contribution in [1.29, 1.82) is 0 Å². The second-order valence-corrected chi connectivity index (χ2v) is 6.12. The van der Waals surface area contributed by atoms with E-state index in [4.69, 9.17) is 0 Å². The zero-order chi connectivity index (χ0) is 16.8. The number of benzene rings is 1. The highest BCUT2D eigenvalue weighted by atomic mass is 19.4. The first kappa shape index (κ1) is 16.0. The van der Waals surface area contributed by atoms with Gasteiger partial charge in [-0.2, -0.15) is 18.3 Å². The summed E-state index contributed by atoms with van der Waals surface area (Å²) >= 11 is 0. The van der Waals surface area contributed by atoms with Crippen LogP contribution in [0.2, 0.25) is 0 Å². The number of alkyl halides is 3. The molecular weight excluding hydrogens is 309 g/mol. The Balaban J connectivity index is 1.93. The molecule has 0 saturated heterocycles. The van der Waals surface area contributed by atoms with Gasteiger partial charge in [0.2, 0.25) is 0 Å². The maximum absolute atomic E-state index is 12.8. The summed E-state index contributed by atoms with van der Waals surface area (Å²) in [5.74, 6) is 0.212. The van der Waals surface area contributed by atoms with Crippen molar-refractivity contribution in [1.82, 2.24) is 5.17 Å². The summed E-state index contributed by atoms with van der Waals surface area (Å²) in [6, 6.07) is 4.83. The summed E-state index contributed by atoms with van der Waals surface area (Å²) in [7, 11) is 0. The molecule has 1 aliphatic carbocycles. The Kier molecular flexibility index (Phi) is 3.93. The van der Waals surface area contributed by atoms with Crippen molar-refractivity contribution in [2.24, 2.45) is 11.0 Å². The van der Waals surface area contributed by atoms with Crippen LogP contribution in [0.3, 0.4) is 0 Å². The number of nitrogens with zero attached hydrogens (tertiary/aromatic N) is 2. The van der Waals surface area contributed by atoms with E-state index in [0.29, 0.717) is 35.0 Å². The number of aliphatic hydroxyl groups is 1. The van der Waals surface area contributed by atoms with E-state index >= 15 is 0 Å². The molecule has 0 aromatic heterocycles. The molecule has 0 bridgehead atoms. The van der Waals surface area contributed by atoms with Gasteiger partial charge in [0.15, 0.2) is 0 Å². The quantitative estimate of drug-likeness (QED) is 0.830. The average Bonchev–Trinajstić information content (AvgIpc) is 2.47. The molecule has 0 radical (unpaired) electrons. The van der Waals surface area contributed by atoms with Gasteiger partial charge in [-0.1, -0.05) is 19.1 Å². The number of hydrogen-bond donors (Lipinski definition) is 2. The molecule has 0 amide bonds. The van der Waals surface area contributed by atoms with Crippen molar-refractivity contribution in [3.63, 3.8) is 0 Å². The summed E-state index contributed by atoms with van der Waals surface area (Å²) in [5, 5.41) is 25.0. The summed E-state index contributed by atoms with van der Waals surface area (Å²) in [6.07, 6.45) is -3.75. The molecule has 2 unspecified atom stereocenters. The predicted octanol–water partition coefficient (Wildman–Crippen LogP) is 3.55. The minimum atomic E-state index is -4.44. The van der Waals surface area contributed by atoms with Crippen LogP contribution in [0.5, 0.6) is 0 Å². The number of halogens is 3. The van der Waals surface area contributed by atoms with Gasteiger partial charge in [-0.3, -0.25) is 5.21 Å². The lowest BCUT2D eigenvalue weighted by atomic mass is 9.82.